The molecule has 0 saturated heterocycles. The van der Waals surface area contributed by atoms with E-state index in [0.717, 1.165) is 11.0 Å². The molecular weight excluding hydrogens is 180 g/mol. The minimum absolute atomic E-state index is 0.0135. The van der Waals surface area contributed by atoms with Crippen LogP contribution in [0.4, 0.5) is 0 Å². The molecule has 2 aromatic heterocycles. The summed E-state index contributed by atoms with van der Waals surface area (Å²) in [7, 11) is 0. The van der Waals surface area contributed by atoms with Gasteiger partial charge in [0.05, 0.1) is 17.2 Å². The first-order valence-corrected chi connectivity index (χ1v) is 4.48. The number of H-pyrrole nitrogens is 1. The summed E-state index contributed by atoms with van der Waals surface area (Å²) in [4.78, 5) is 18.3. The Morgan fingerprint density at radius 1 is 1.71 bits per heavy atom. The molecule has 0 amide bonds. The molecular formula is C9H12N4O. The fourth-order valence-corrected chi connectivity index (χ4v) is 1.51. The topological polar surface area (TPSA) is 76.7 Å². The Morgan fingerprint density at radius 2 is 2.50 bits per heavy atom. The van der Waals surface area contributed by atoms with Crippen molar-refractivity contribution < 1.29 is 0 Å². The van der Waals surface area contributed by atoms with Crippen LogP contribution < -0.4 is 11.4 Å². The third-order valence-corrected chi connectivity index (χ3v) is 2.30. The maximum absolute atomic E-state index is 11.6. The SMILES string of the molecule is CC(CN)n1c(=O)[nH]c2ccncc21. The largest absolute Gasteiger partial charge is 0.328 e. The van der Waals surface area contributed by atoms with Gasteiger partial charge >= 0.3 is 5.69 Å². The lowest BCUT2D eigenvalue weighted by Gasteiger charge is -2.09. The zero-order valence-corrected chi connectivity index (χ0v) is 7.90. The summed E-state index contributed by atoms with van der Waals surface area (Å²) in [5.74, 6) is 0. The molecule has 0 radical (unpaired) electrons. The first-order valence-electron chi connectivity index (χ1n) is 4.48. The van der Waals surface area contributed by atoms with Gasteiger partial charge < -0.3 is 10.7 Å². The second-order valence-corrected chi connectivity index (χ2v) is 3.28. The third-order valence-electron chi connectivity index (χ3n) is 2.30. The van der Waals surface area contributed by atoms with Crippen molar-refractivity contribution in [3.8, 4) is 0 Å². The Labute approximate surface area is 80.6 Å². The Balaban J connectivity index is 2.74. The molecule has 1 unspecified atom stereocenters. The third kappa shape index (κ3) is 1.22. The van der Waals surface area contributed by atoms with E-state index in [2.05, 4.69) is 9.97 Å². The fourth-order valence-electron chi connectivity index (χ4n) is 1.51. The van der Waals surface area contributed by atoms with Crippen LogP contribution in [0.5, 0.6) is 0 Å². The highest BCUT2D eigenvalue weighted by atomic mass is 16.1. The molecule has 5 heteroatoms. The standard InChI is InChI=1S/C9H12N4O/c1-6(4-10)13-8-5-11-3-2-7(8)12-9(13)14/h2-3,5-6H,4,10H2,1H3,(H,12,14). The van der Waals surface area contributed by atoms with Gasteiger partial charge in [-0.15, -0.1) is 0 Å². The molecule has 3 N–H and O–H groups in total. The number of hydrogen-bond donors (Lipinski definition) is 2. The van der Waals surface area contributed by atoms with E-state index < -0.39 is 0 Å². The van der Waals surface area contributed by atoms with Gasteiger partial charge in [-0.05, 0) is 13.0 Å². The zero-order chi connectivity index (χ0) is 10.1. The number of rotatable bonds is 2. The molecule has 0 aromatic carbocycles. The van der Waals surface area contributed by atoms with E-state index in [1.165, 1.54) is 0 Å². The molecule has 2 aromatic rings. The van der Waals surface area contributed by atoms with E-state index in [-0.39, 0.29) is 11.7 Å². The van der Waals surface area contributed by atoms with Crippen LogP contribution in [0.1, 0.15) is 13.0 Å². The van der Waals surface area contributed by atoms with Crippen LogP contribution in [0, 0.1) is 0 Å². The molecule has 1 atom stereocenters. The summed E-state index contributed by atoms with van der Waals surface area (Å²) in [6.45, 7) is 2.34. The van der Waals surface area contributed by atoms with Gasteiger partial charge in [-0.3, -0.25) is 9.55 Å². The average Bonchev–Trinajstić information content (AvgIpc) is 2.53. The maximum atomic E-state index is 11.6. The first kappa shape index (κ1) is 8.96. The van der Waals surface area contributed by atoms with Gasteiger partial charge in [-0.25, -0.2) is 4.79 Å². The van der Waals surface area contributed by atoms with E-state index in [1.807, 2.05) is 6.92 Å². The second kappa shape index (κ2) is 3.26. The van der Waals surface area contributed by atoms with Crippen LogP contribution in [0.2, 0.25) is 0 Å². The average molecular weight is 192 g/mol. The molecule has 2 rings (SSSR count). The molecule has 74 valence electrons. The van der Waals surface area contributed by atoms with Crippen LogP contribution >= 0.6 is 0 Å². The van der Waals surface area contributed by atoms with Crippen LogP contribution in [0.25, 0.3) is 11.0 Å². The predicted molar refractivity (Wildman–Crippen MR) is 54.1 cm³/mol. The summed E-state index contributed by atoms with van der Waals surface area (Å²) in [6.07, 6.45) is 3.31. The number of fused-ring (bicyclic) bond motifs is 1. The number of hydrogen-bond acceptors (Lipinski definition) is 3. The maximum Gasteiger partial charge on any atom is 0.326 e. The van der Waals surface area contributed by atoms with Gasteiger partial charge in [0, 0.05) is 18.8 Å². The smallest absolute Gasteiger partial charge is 0.326 e. The number of aromatic nitrogens is 3. The minimum Gasteiger partial charge on any atom is -0.328 e. The lowest BCUT2D eigenvalue weighted by molar-refractivity contribution is 0.556. The molecule has 2 heterocycles. The zero-order valence-electron chi connectivity index (χ0n) is 7.90. The van der Waals surface area contributed by atoms with Gasteiger partial charge in [0.15, 0.2) is 0 Å². The monoisotopic (exact) mass is 192 g/mol. The van der Waals surface area contributed by atoms with Crippen molar-refractivity contribution in [3.05, 3.63) is 28.9 Å². The quantitative estimate of drug-likeness (QED) is 0.715. The summed E-state index contributed by atoms with van der Waals surface area (Å²) in [5, 5.41) is 0. The van der Waals surface area contributed by atoms with E-state index in [9.17, 15) is 4.79 Å². The Kier molecular flexibility index (Phi) is 2.09. The summed E-state index contributed by atoms with van der Waals surface area (Å²) in [6, 6.07) is 1.76. The molecule has 0 aliphatic rings. The first-order chi connectivity index (χ1) is 6.74. The normalized spacial score (nSPS) is 13.3. The van der Waals surface area contributed by atoms with Crippen molar-refractivity contribution >= 4 is 11.0 Å². The van der Waals surface area contributed by atoms with Crippen molar-refractivity contribution in [3.63, 3.8) is 0 Å². The second-order valence-electron chi connectivity index (χ2n) is 3.28. The van der Waals surface area contributed by atoms with Crippen molar-refractivity contribution in [2.24, 2.45) is 5.73 Å². The summed E-state index contributed by atoms with van der Waals surface area (Å²) >= 11 is 0. The lowest BCUT2D eigenvalue weighted by Crippen LogP contribution is -2.25. The van der Waals surface area contributed by atoms with Gasteiger partial charge in [0.2, 0.25) is 0 Å². The van der Waals surface area contributed by atoms with Gasteiger partial charge in [-0.2, -0.15) is 0 Å². The molecule has 0 aliphatic carbocycles. The molecule has 0 spiro atoms. The van der Waals surface area contributed by atoms with E-state index in [0.29, 0.717) is 6.54 Å². The number of nitrogens with zero attached hydrogens (tertiary/aromatic N) is 2. The fraction of sp³-hybridized carbons (Fsp3) is 0.333. The van der Waals surface area contributed by atoms with Crippen LogP contribution in [0.15, 0.2) is 23.3 Å². The predicted octanol–water partition coefficient (Wildman–Crippen LogP) is 0.244. The van der Waals surface area contributed by atoms with Crippen LogP contribution in [-0.4, -0.2) is 21.1 Å². The van der Waals surface area contributed by atoms with Crippen molar-refractivity contribution in [1.82, 2.24) is 14.5 Å². The van der Waals surface area contributed by atoms with Gasteiger partial charge in [-0.1, -0.05) is 0 Å². The van der Waals surface area contributed by atoms with Crippen LogP contribution in [0.3, 0.4) is 0 Å². The molecule has 0 saturated carbocycles. The van der Waals surface area contributed by atoms with E-state index >= 15 is 0 Å². The van der Waals surface area contributed by atoms with E-state index in [4.69, 9.17) is 5.73 Å². The molecule has 0 bridgehead atoms. The van der Waals surface area contributed by atoms with Crippen molar-refractivity contribution in [2.45, 2.75) is 13.0 Å². The highest BCUT2D eigenvalue weighted by Gasteiger charge is 2.10. The highest BCUT2D eigenvalue weighted by molar-refractivity contribution is 5.73. The number of pyridine rings is 1. The van der Waals surface area contributed by atoms with E-state index in [1.54, 1.807) is 23.0 Å². The molecule has 5 nitrogen and oxygen atoms in total. The number of imidazole rings is 1. The lowest BCUT2D eigenvalue weighted by atomic mass is 10.3. The number of nitrogens with one attached hydrogen (secondary N) is 1. The molecule has 0 fully saturated rings. The summed E-state index contributed by atoms with van der Waals surface area (Å²) < 4.78 is 1.63. The number of aromatic amines is 1. The Bertz CT molecular complexity index is 499. The van der Waals surface area contributed by atoms with Crippen molar-refractivity contribution in [2.75, 3.05) is 6.54 Å². The Hall–Kier alpha value is -1.62. The highest BCUT2D eigenvalue weighted by Crippen LogP contribution is 2.11. The molecule has 0 aliphatic heterocycles. The number of nitrogens with two attached hydrogens (primary N) is 1. The van der Waals surface area contributed by atoms with Crippen LogP contribution in [-0.2, 0) is 0 Å². The summed E-state index contributed by atoms with van der Waals surface area (Å²) in [5.41, 5.74) is 6.99. The van der Waals surface area contributed by atoms with Crippen molar-refractivity contribution in [1.29, 1.82) is 0 Å². The Morgan fingerprint density at radius 3 is 3.21 bits per heavy atom. The van der Waals surface area contributed by atoms with Gasteiger partial charge in [0.25, 0.3) is 0 Å². The molecule has 14 heavy (non-hydrogen) atoms. The van der Waals surface area contributed by atoms with Gasteiger partial charge in [0.1, 0.15) is 0 Å². The minimum atomic E-state index is -0.133.